The van der Waals surface area contributed by atoms with Gasteiger partial charge in [0, 0.05) is 34.8 Å². The number of methoxy groups -OCH3 is 4. The predicted molar refractivity (Wildman–Crippen MR) is 114 cm³/mol. The summed E-state index contributed by atoms with van der Waals surface area (Å²) in [6, 6.07) is 6.07. The van der Waals surface area contributed by atoms with E-state index in [0.29, 0.717) is 17.4 Å². The molecular weight excluding hydrogens is 390 g/mol. The van der Waals surface area contributed by atoms with Gasteiger partial charge >= 0.3 is 6.01 Å². The van der Waals surface area contributed by atoms with Crippen molar-refractivity contribution in [3.63, 3.8) is 0 Å². The molecule has 2 aliphatic heterocycles. The Hall–Kier alpha value is -3.13. The smallest absolute Gasteiger partial charge is 0.319 e. The summed E-state index contributed by atoms with van der Waals surface area (Å²) in [7, 11) is 6.37. The van der Waals surface area contributed by atoms with Crippen LogP contribution >= 0.6 is 11.8 Å². The first-order valence-electron chi connectivity index (χ1n) is 8.92. The van der Waals surface area contributed by atoms with Crippen LogP contribution in [-0.2, 0) is 0 Å². The van der Waals surface area contributed by atoms with Gasteiger partial charge in [0.25, 0.3) is 0 Å². The topological polar surface area (TPSA) is 65.9 Å². The maximum atomic E-state index is 5.57. The monoisotopic (exact) mass is 411 g/mol. The van der Waals surface area contributed by atoms with Crippen molar-refractivity contribution in [2.75, 3.05) is 39.1 Å². The number of ether oxygens (including phenoxy) is 4. The third-order valence-electron chi connectivity index (χ3n) is 4.66. The fourth-order valence-corrected chi connectivity index (χ4v) is 4.38. The average Bonchev–Trinajstić information content (AvgIpc) is 3.26. The number of benzene rings is 1. The first-order valence-corrected chi connectivity index (χ1v) is 9.91. The number of nitrogens with zero attached hydrogens (tertiary/aromatic N) is 3. The van der Waals surface area contributed by atoms with Crippen molar-refractivity contribution in [2.45, 2.75) is 0 Å². The van der Waals surface area contributed by atoms with Crippen molar-refractivity contribution < 1.29 is 18.9 Å². The molecule has 4 rings (SSSR count). The van der Waals surface area contributed by atoms with Gasteiger partial charge in [-0.25, -0.2) is 4.98 Å². The number of allylic oxidation sites excluding steroid dienone is 2. The Labute approximate surface area is 173 Å². The van der Waals surface area contributed by atoms with Crippen molar-refractivity contribution in [3.05, 3.63) is 58.8 Å². The number of hydrogen-bond donors (Lipinski definition) is 0. The van der Waals surface area contributed by atoms with E-state index in [0.717, 1.165) is 27.6 Å². The minimum absolute atomic E-state index is 0.259. The molecule has 0 radical (unpaired) electrons. The molecule has 29 heavy (non-hydrogen) atoms. The van der Waals surface area contributed by atoms with Crippen LogP contribution in [0.2, 0.25) is 0 Å². The molecule has 0 atom stereocenters. The van der Waals surface area contributed by atoms with Crippen molar-refractivity contribution >= 4 is 23.1 Å². The summed E-state index contributed by atoms with van der Waals surface area (Å²) in [5, 5.41) is 0. The fourth-order valence-electron chi connectivity index (χ4n) is 3.29. The lowest BCUT2D eigenvalue weighted by atomic mass is 10.1. The zero-order valence-electron chi connectivity index (χ0n) is 16.6. The van der Waals surface area contributed by atoms with Gasteiger partial charge in [-0.3, -0.25) is 0 Å². The van der Waals surface area contributed by atoms with Crippen LogP contribution in [0.1, 0.15) is 5.56 Å². The molecule has 8 heteroatoms. The van der Waals surface area contributed by atoms with Gasteiger partial charge in [-0.1, -0.05) is 6.08 Å². The lowest BCUT2D eigenvalue weighted by Gasteiger charge is -2.30. The van der Waals surface area contributed by atoms with Crippen LogP contribution in [0, 0.1) is 0 Å². The third kappa shape index (κ3) is 3.40. The summed E-state index contributed by atoms with van der Waals surface area (Å²) in [4.78, 5) is 11.9. The molecule has 2 aliphatic rings. The fraction of sp³-hybridized carbons (Fsp3) is 0.238. The van der Waals surface area contributed by atoms with E-state index in [9.17, 15) is 0 Å². The van der Waals surface area contributed by atoms with Gasteiger partial charge < -0.3 is 23.8 Å². The van der Waals surface area contributed by atoms with E-state index in [1.165, 1.54) is 12.7 Å². The Morgan fingerprint density at radius 2 is 1.83 bits per heavy atom. The highest BCUT2D eigenvalue weighted by molar-refractivity contribution is 8.04. The molecule has 0 bridgehead atoms. The van der Waals surface area contributed by atoms with Gasteiger partial charge in [-0.2, -0.15) is 4.98 Å². The van der Waals surface area contributed by atoms with Crippen molar-refractivity contribution in [3.8, 4) is 23.4 Å². The number of anilines is 1. The van der Waals surface area contributed by atoms with E-state index in [-0.39, 0.29) is 6.01 Å². The molecule has 0 unspecified atom stereocenters. The highest BCUT2D eigenvalue weighted by Gasteiger charge is 2.29. The molecule has 0 spiro atoms. The van der Waals surface area contributed by atoms with E-state index >= 15 is 0 Å². The lowest BCUT2D eigenvalue weighted by Crippen LogP contribution is -2.20. The molecule has 150 valence electrons. The maximum Gasteiger partial charge on any atom is 0.319 e. The molecule has 1 aromatic carbocycles. The van der Waals surface area contributed by atoms with Crippen LogP contribution in [0.15, 0.2) is 53.2 Å². The molecule has 1 aromatic heterocycles. The SMILES string of the molecule is COc1ncc(C2=C3SCC=C3C=CN2c2ccc(OC)c(OC)c2)c(OC)n1. The zero-order chi connectivity index (χ0) is 20.4. The van der Waals surface area contributed by atoms with Gasteiger partial charge in [0.15, 0.2) is 11.5 Å². The number of fused-ring (bicyclic) bond motifs is 1. The standard InChI is InChI=1S/C21H21N3O4S/c1-25-16-6-5-14(11-17(16)26-2)24-9-7-13-8-10-29-19(13)18(24)15-12-22-21(28-4)23-20(15)27-3/h5-9,11-12H,10H2,1-4H3. The Balaban J connectivity index is 1.88. The summed E-state index contributed by atoms with van der Waals surface area (Å²) in [6.07, 6.45) is 8.07. The van der Waals surface area contributed by atoms with Gasteiger partial charge in [-0.05, 0) is 23.8 Å². The second kappa shape index (κ2) is 8.08. The summed E-state index contributed by atoms with van der Waals surface area (Å²) >= 11 is 1.77. The highest BCUT2D eigenvalue weighted by atomic mass is 32.2. The lowest BCUT2D eigenvalue weighted by molar-refractivity contribution is 0.351. The summed E-state index contributed by atoms with van der Waals surface area (Å²) < 4.78 is 21.6. The molecule has 0 fully saturated rings. The Morgan fingerprint density at radius 3 is 2.55 bits per heavy atom. The number of aromatic nitrogens is 2. The van der Waals surface area contributed by atoms with Crippen LogP contribution in [0.5, 0.6) is 23.4 Å². The number of hydrogen-bond acceptors (Lipinski definition) is 8. The van der Waals surface area contributed by atoms with Crippen LogP contribution < -0.4 is 23.8 Å². The minimum atomic E-state index is 0.259. The van der Waals surface area contributed by atoms with Crippen LogP contribution in [0.4, 0.5) is 5.69 Å². The van der Waals surface area contributed by atoms with Crippen molar-refractivity contribution in [1.29, 1.82) is 0 Å². The molecule has 0 N–H and O–H groups in total. The van der Waals surface area contributed by atoms with Gasteiger partial charge in [0.2, 0.25) is 5.88 Å². The van der Waals surface area contributed by atoms with E-state index in [2.05, 4.69) is 27.0 Å². The summed E-state index contributed by atoms with van der Waals surface area (Å²) in [5.74, 6) is 2.69. The maximum absolute atomic E-state index is 5.57. The second-order valence-electron chi connectivity index (χ2n) is 6.15. The quantitative estimate of drug-likeness (QED) is 0.709. The Bertz CT molecular complexity index is 1030. The van der Waals surface area contributed by atoms with E-state index in [1.54, 1.807) is 39.3 Å². The zero-order valence-corrected chi connectivity index (χ0v) is 17.4. The number of thioether (sulfide) groups is 1. The van der Waals surface area contributed by atoms with Crippen LogP contribution in [0.25, 0.3) is 5.70 Å². The van der Waals surface area contributed by atoms with Gasteiger partial charge in [-0.15, -0.1) is 11.8 Å². The molecule has 2 aromatic rings. The molecule has 0 amide bonds. The van der Waals surface area contributed by atoms with Gasteiger partial charge in [0.05, 0.1) is 39.7 Å². The first kappa shape index (κ1) is 19.2. The van der Waals surface area contributed by atoms with E-state index < -0.39 is 0 Å². The van der Waals surface area contributed by atoms with Crippen molar-refractivity contribution in [1.82, 2.24) is 9.97 Å². The minimum Gasteiger partial charge on any atom is -0.493 e. The van der Waals surface area contributed by atoms with Crippen LogP contribution in [-0.4, -0.2) is 44.2 Å². The summed E-state index contributed by atoms with van der Waals surface area (Å²) in [6.45, 7) is 0. The van der Waals surface area contributed by atoms with Crippen molar-refractivity contribution in [2.24, 2.45) is 0 Å². The van der Waals surface area contributed by atoms with Gasteiger partial charge in [0.1, 0.15) is 0 Å². The largest absolute Gasteiger partial charge is 0.493 e. The molecule has 3 heterocycles. The normalized spacial score (nSPS) is 15.2. The first-order chi connectivity index (χ1) is 14.2. The van der Waals surface area contributed by atoms with E-state index in [1.807, 2.05) is 24.4 Å². The number of rotatable bonds is 6. The third-order valence-corrected chi connectivity index (χ3v) is 5.71. The molecule has 0 aliphatic carbocycles. The Morgan fingerprint density at radius 1 is 1.00 bits per heavy atom. The molecule has 0 saturated carbocycles. The summed E-state index contributed by atoms with van der Waals surface area (Å²) in [5.41, 5.74) is 3.83. The predicted octanol–water partition coefficient (Wildman–Crippen LogP) is 3.89. The molecular formula is C21H21N3O4S. The van der Waals surface area contributed by atoms with E-state index in [4.69, 9.17) is 18.9 Å². The molecule has 0 saturated heterocycles. The second-order valence-corrected chi connectivity index (χ2v) is 7.18. The Kier molecular flexibility index (Phi) is 5.35. The van der Waals surface area contributed by atoms with Crippen LogP contribution in [0.3, 0.4) is 0 Å². The highest BCUT2D eigenvalue weighted by Crippen LogP contribution is 2.46. The average molecular weight is 411 g/mol. The molecule has 7 nitrogen and oxygen atoms in total.